The van der Waals surface area contributed by atoms with E-state index < -0.39 is 0 Å². The van der Waals surface area contributed by atoms with Crippen LogP contribution >= 0.6 is 0 Å². The van der Waals surface area contributed by atoms with Crippen molar-refractivity contribution in [1.29, 1.82) is 0 Å². The van der Waals surface area contributed by atoms with Crippen molar-refractivity contribution in [3.05, 3.63) is 35.6 Å². The van der Waals surface area contributed by atoms with E-state index in [9.17, 15) is 9.18 Å². The summed E-state index contributed by atoms with van der Waals surface area (Å²) in [6, 6.07) is 6.30. The number of halogens is 1. The minimum absolute atomic E-state index is 0.164. The third-order valence-electron chi connectivity index (χ3n) is 2.03. The van der Waals surface area contributed by atoms with Crippen LogP contribution in [-0.4, -0.2) is 5.78 Å². The van der Waals surface area contributed by atoms with Gasteiger partial charge in [-0.3, -0.25) is 0 Å². The van der Waals surface area contributed by atoms with Crippen LogP contribution in [0.1, 0.15) is 31.7 Å². The summed E-state index contributed by atoms with van der Waals surface area (Å²) in [5.41, 5.74) is 1.01. The number of hydrogen-bond donors (Lipinski definition) is 0. The van der Waals surface area contributed by atoms with Gasteiger partial charge in [0.1, 0.15) is 11.6 Å². The molecule has 1 rings (SSSR count). The zero-order chi connectivity index (χ0) is 9.84. The molecular formula is C11H13FO. The maximum absolute atomic E-state index is 12.5. The van der Waals surface area contributed by atoms with Gasteiger partial charge < -0.3 is 4.79 Å². The third-order valence-corrected chi connectivity index (χ3v) is 2.03. The van der Waals surface area contributed by atoms with E-state index in [0.717, 1.165) is 5.56 Å². The van der Waals surface area contributed by atoms with Gasteiger partial charge >= 0.3 is 0 Å². The van der Waals surface area contributed by atoms with E-state index in [1.165, 1.54) is 12.1 Å². The lowest BCUT2D eigenvalue weighted by molar-refractivity contribution is -0.117. The molecule has 0 aliphatic heterocycles. The van der Waals surface area contributed by atoms with Gasteiger partial charge in [0.05, 0.1) is 0 Å². The van der Waals surface area contributed by atoms with Crippen LogP contribution in [0, 0.1) is 5.82 Å². The molecule has 1 aromatic carbocycles. The Balaban J connectivity index is 2.71. The number of carbonyl (C=O) groups excluding carboxylic acids is 1. The Bertz CT molecular complexity index is 289. The first-order valence-corrected chi connectivity index (χ1v) is 4.34. The highest BCUT2D eigenvalue weighted by molar-refractivity contribution is 5.76. The van der Waals surface area contributed by atoms with E-state index in [0.29, 0.717) is 6.42 Å². The van der Waals surface area contributed by atoms with Crippen LogP contribution in [0.5, 0.6) is 0 Å². The molecular weight excluding hydrogens is 167 g/mol. The molecule has 0 amide bonds. The van der Waals surface area contributed by atoms with Crippen LogP contribution in [0.15, 0.2) is 24.3 Å². The summed E-state index contributed by atoms with van der Waals surface area (Å²) in [6.45, 7) is 3.54. The Labute approximate surface area is 77.6 Å². The molecule has 0 saturated carbocycles. The van der Waals surface area contributed by atoms with E-state index in [4.69, 9.17) is 0 Å². The van der Waals surface area contributed by atoms with Gasteiger partial charge in [-0.05, 0) is 30.5 Å². The molecule has 0 bridgehead atoms. The zero-order valence-corrected chi connectivity index (χ0v) is 7.88. The largest absolute Gasteiger partial charge is 0.300 e. The first kappa shape index (κ1) is 9.90. The van der Waals surface area contributed by atoms with E-state index >= 15 is 0 Å². The SMILES string of the molecule is CC(=O)CC(C)c1ccc(F)cc1. The minimum atomic E-state index is -0.237. The van der Waals surface area contributed by atoms with Crippen LogP contribution in [0.3, 0.4) is 0 Å². The number of benzene rings is 1. The van der Waals surface area contributed by atoms with Gasteiger partial charge in [0.25, 0.3) is 0 Å². The highest BCUT2D eigenvalue weighted by Crippen LogP contribution is 2.19. The van der Waals surface area contributed by atoms with Crippen molar-refractivity contribution in [1.82, 2.24) is 0 Å². The van der Waals surface area contributed by atoms with E-state index in [1.807, 2.05) is 6.92 Å². The van der Waals surface area contributed by atoms with E-state index in [2.05, 4.69) is 0 Å². The van der Waals surface area contributed by atoms with Gasteiger partial charge in [-0.1, -0.05) is 19.1 Å². The molecule has 1 atom stereocenters. The molecule has 0 N–H and O–H groups in total. The van der Waals surface area contributed by atoms with Crippen molar-refractivity contribution >= 4 is 5.78 Å². The number of rotatable bonds is 3. The molecule has 70 valence electrons. The molecule has 1 unspecified atom stereocenters. The minimum Gasteiger partial charge on any atom is -0.300 e. The number of ketones is 1. The van der Waals surface area contributed by atoms with Crippen LogP contribution in [0.25, 0.3) is 0 Å². The van der Waals surface area contributed by atoms with Gasteiger partial charge in [-0.2, -0.15) is 0 Å². The topological polar surface area (TPSA) is 17.1 Å². The molecule has 0 aliphatic rings. The molecule has 0 fully saturated rings. The van der Waals surface area contributed by atoms with Crippen molar-refractivity contribution in [2.75, 3.05) is 0 Å². The fraction of sp³-hybridized carbons (Fsp3) is 0.364. The lowest BCUT2D eigenvalue weighted by atomic mass is 9.96. The summed E-state index contributed by atoms with van der Waals surface area (Å²) in [5.74, 6) is 0.105. The van der Waals surface area contributed by atoms with Gasteiger partial charge in [0.2, 0.25) is 0 Å². The molecule has 0 heterocycles. The Morgan fingerprint density at radius 2 is 1.92 bits per heavy atom. The summed E-state index contributed by atoms with van der Waals surface area (Å²) in [7, 11) is 0. The molecule has 0 saturated heterocycles. The fourth-order valence-electron chi connectivity index (χ4n) is 1.34. The Hall–Kier alpha value is -1.18. The van der Waals surface area contributed by atoms with E-state index in [-0.39, 0.29) is 17.5 Å². The van der Waals surface area contributed by atoms with Crippen molar-refractivity contribution in [2.45, 2.75) is 26.2 Å². The molecule has 1 aromatic rings. The van der Waals surface area contributed by atoms with Gasteiger partial charge in [0.15, 0.2) is 0 Å². The number of carbonyl (C=O) groups is 1. The lowest BCUT2D eigenvalue weighted by Gasteiger charge is -2.08. The average molecular weight is 180 g/mol. The maximum atomic E-state index is 12.5. The standard InChI is InChI=1S/C11H13FO/c1-8(7-9(2)13)10-3-5-11(12)6-4-10/h3-6,8H,7H2,1-2H3. The quantitative estimate of drug-likeness (QED) is 0.699. The Morgan fingerprint density at radius 3 is 2.38 bits per heavy atom. The van der Waals surface area contributed by atoms with Gasteiger partial charge in [0, 0.05) is 6.42 Å². The van der Waals surface area contributed by atoms with Crippen molar-refractivity contribution < 1.29 is 9.18 Å². The summed E-state index contributed by atoms with van der Waals surface area (Å²) in [5, 5.41) is 0. The average Bonchev–Trinajstić information content (AvgIpc) is 2.04. The smallest absolute Gasteiger partial charge is 0.130 e. The second kappa shape index (κ2) is 4.17. The highest BCUT2D eigenvalue weighted by atomic mass is 19.1. The highest BCUT2D eigenvalue weighted by Gasteiger charge is 2.07. The molecule has 0 aliphatic carbocycles. The normalized spacial score (nSPS) is 12.5. The number of Topliss-reactive ketones (excluding diaryl/α,β-unsaturated/α-hetero) is 1. The van der Waals surface area contributed by atoms with E-state index in [1.54, 1.807) is 19.1 Å². The van der Waals surface area contributed by atoms with Crippen molar-refractivity contribution in [3.63, 3.8) is 0 Å². The molecule has 0 aromatic heterocycles. The molecule has 0 radical (unpaired) electrons. The summed E-state index contributed by atoms with van der Waals surface area (Å²) >= 11 is 0. The van der Waals surface area contributed by atoms with Crippen molar-refractivity contribution in [3.8, 4) is 0 Å². The van der Waals surface area contributed by atoms with Gasteiger partial charge in [-0.15, -0.1) is 0 Å². The summed E-state index contributed by atoms with van der Waals surface area (Å²) in [4.78, 5) is 10.8. The van der Waals surface area contributed by atoms with Crippen LogP contribution < -0.4 is 0 Å². The molecule has 2 heteroatoms. The second-order valence-electron chi connectivity index (χ2n) is 3.36. The lowest BCUT2D eigenvalue weighted by Crippen LogP contribution is -2.00. The first-order chi connectivity index (χ1) is 6.09. The fourth-order valence-corrected chi connectivity index (χ4v) is 1.34. The zero-order valence-electron chi connectivity index (χ0n) is 7.88. The van der Waals surface area contributed by atoms with Crippen molar-refractivity contribution in [2.24, 2.45) is 0 Å². The molecule has 0 spiro atoms. The number of hydrogen-bond acceptors (Lipinski definition) is 1. The Morgan fingerprint density at radius 1 is 1.38 bits per heavy atom. The summed E-state index contributed by atoms with van der Waals surface area (Å²) < 4.78 is 12.5. The summed E-state index contributed by atoms with van der Waals surface area (Å²) in [6.07, 6.45) is 0.519. The van der Waals surface area contributed by atoms with Crippen LogP contribution in [0.4, 0.5) is 4.39 Å². The predicted molar refractivity (Wildman–Crippen MR) is 50.1 cm³/mol. The first-order valence-electron chi connectivity index (χ1n) is 4.34. The maximum Gasteiger partial charge on any atom is 0.130 e. The molecule has 13 heavy (non-hydrogen) atoms. The molecule has 1 nitrogen and oxygen atoms in total. The second-order valence-corrected chi connectivity index (χ2v) is 3.36. The van der Waals surface area contributed by atoms with Crippen LogP contribution in [-0.2, 0) is 4.79 Å². The third kappa shape index (κ3) is 2.98. The van der Waals surface area contributed by atoms with Crippen LogP contribution in [0.2, 0.25) is 0 Å². The Kier molecular flexibility index (Phi) is 3.18. The predicted octanol–water partition coefficient (Wildman–Crippen LogP) is 2.91. The monoisotopic (exact) mass is 180 g/mol. The van der Waals surface area contributed by atoms with Gasteiger partial charge in [-0.25, -0.2) is 4.39 Å².